The van der Waals surface area contributed by atoms with Crippen LogP contribution in [0.2, 0.25) is 0 Å². The minimum absolute atomic E-state index is 0.380. The van der Waals surface area contributed by atoms with Crippen LogP contribution in [0.5, 0.6) is 6.01 Å². The zero-order valence-electron chi connectivity index (χ0n) is 9.17. The lowest BCUT2D eigenvalue weighted by molar-refractivity contribution is 0.276. The van der Waals surface area contributed by atoms with Crippen molar-refractivity contribution in [2.24, 2.45) is 7.05 Å². The molecule has 16 heavy (non-hydrogen) atoms. The first-order valence-corrected chi connectivity index (χ1v) is 5.72. The van der Waals surface area contributed by atoms with Gasteiger partial charge < -0.3 is 10.1 Å². The second kappa shape index (κ2) is 5.04. The van der Waals surface area contributed by atoms with Gasteiger partial charge in [0.05, 0.1) is 5.69 Å². The van der Waals surface area contributed by atoms with Gasteiger partial charge in [0.25, 0.3) is 0 Å². The van der Waals surface area contributed by atoms with E-state index in [1.54, 1.807) is 29.4 Å². The third-order valence-electron chi connectivity index (χ3n) is 1.86. The number of hydrogen-bond donors (Lipinski definition) is 1. The monoisotopic (exact) mass is 239 g/mol. The summed E-state index contributed by atoms with van der Waals surface area (Å²) < 4.78 is 6.99. The van der Waals surface area contributed by atoms with Crippen LogP contribution in [-0.4, -0.2) is 26.8 Å². The van der Waals surface area contributed by atoms with E-state index < -0.39 is 0 Å². The third kappa shape index (κ3) is 2.77. The number of rotatable bonds is 5. The maximum Gasteiger partial charge on any atom is 0.335 e. The molecule has 0 aliphatic carbocycles. The number of aryl methyl sites for hydroxylation is 1. The Morgan fingerprint density at radius 1 is 1.56 bits per heavy atom. The van der Waals surface area contributed by atoms with Crippen molar-refractivity contribution < 1.29 is 4.74 Å². The fraction of sp³-hybridized carbons (Fsp3) is 0.444. The molecule has 0 atom stereocenters. The van der Waals surface area contributed by atoms with E-state index in [9.17, 15) is 0 Å². The molecule has 0 radical (unpaired) electrons. The fourth-order valence-corrected chi connectivity index (χ4v) is 1.96. The Morgan fingerprint density at radius 3 is 3.12 bits per heavy atom. The van der Waals surface area contributed by atoms with Gasteiger partial charge in [-0.2, -0.15) is 4.98 Å². The fourth-order valence-electron chi connectivity index (χ4n) is 1.17. The number of nitrogens with zero attached hydrogens (tertiary/aromatic N) is 4. The summed E-state index contributed by atoms with van der Waals surface area (Å²) in [6.07, 6.45) is 1.60. The molecule has 2 aromatic heterocycles. The Balaban J connectivity index is 1.89. The molecule has 2 heterocycles. The second-order valence-corrected chi connectivity index (χ2v) is 4.20. The molecule has 0 bridgehead atoms. The molecule has 2 rings (SSSR count). The van der Waals surface area contributed by atoms with Crippen LogP contribution in [0.15, 0.2) is 11.7 Å². The molecule has 0 aromatic carbocycles. The molecule has 0 aliphatic rings. The molecule has 1 N–H and O–H groups in total. The first kappa shape index (κ1) is 11.0. The van der Waals surface area contributed by atoms with Gasteiger partial charge in [0.1, 0.15) is 17.9 Å². The van der Waals surface area contributed by atoms with Gasteiger partial charge in [0.2, 0.25) is 0 Å². The summed E-state index contributed by atoms with van der Waals surface area (Å²) in [7, 11) is 3.70. The quantitative estimate of drug-likeness (QED) is 0.826. The lowest BCUT2D eigenvalue weighted by atomic mass is 10.5. The number of hydrogen-bond acceptors (Lipinski definition) is 6. The first-order valence-electron chi connectivity index (χ1n) is 4.84. The molecule has 0 aliphatic heterocycles. The van der Waals surface area contributed by atoms with Crippen molar-refractivity contribution in [3.8, 4) is 6.01 Å². The average molecular weight is 239 g/mol. The molecule has 0 saturated heterocycles. The van der Waals surface area contributed by atoms with E-state index in [1.807, 2.05) is 12.4 Å². The summed E-state index contributed by atoms with van der Waals surface area (Å²) in [5, 5.41) is 10.1. The maximum atomic E-state index is 5.39. The van der Waals surface area contributed by atoms with Crippen molar-refractivity contribution in [1.82, 2.24) is 25.1 Å². The lowest BCUT2D eigenvalue weighted by Gasteiger charge is -1.97. The summed E-state index contributed by atoms with van der Waals surface area (Å²) in [6.45, 7) is 1.19. The molecule has 2 aromatic rings. The normalized spacial score (nSPS) is 10.6. The van der Waals surface area contributed by atoms with E-state index in [4.69, 9.17) is 4.74 Å². The van der Waals surface area contributed by atoms with Crippen LogP contribution in [0, 0.1) is 0 Å². The third-order valence-corrected chi connectivity index (χ3v) is 2.75. The molecular formula is C9H13N5OS. The molecule has 0 spiro atoms. The molecule has 0 saturated carbocycles. The van der Waals surface area contributed by atoms with Crippen LogP contribution >= 0.6 is 11.3 Å². The summed E-state index contributed by atoms with van der Waals surface area (Å²) >= 11 is 1.61. The van der Waals surface area contributed by atoms with Crippen LogP contribution in [0.3, 0.4) is 0 Å². The zero-order valence-corrected chi connectivity index (χ0v) is 9.99. The van der Waals surface area contributed by atoms with Crippen LogP contribution in [-0.2, 0) is 20.2 Å². The summed E-state index contributed by atoms with van der Waals surface area (Å²) in [4.78, 5) is 8.36. The molecule has 0 unspecified atom stereocenters. The van der Waals surface area contributed by atoms with E-state index >= 15 is 0 Å². The predicted molar refractivity (Wildman–Crippen MR) is 60.2 cm³/mol. The van der Waals surface area contributed by atoms with Gasteiger partial charge in [-0.05, 0) is 7.05 Å². The minimum atomic E-state index is 0.380. The molecule has 0 amide bonds. The largest absolute Gasteiger partial charge is 0.456 e. The highest BCUT2D eigenvalue weighted by atomic mass is 32.1. The summed E-state index contributed by atoms with van der Waals surface area (Å²) in [6, 6.07) is 0.380. The highest BCUT2D eigenvalue weighted by Gasteiger charge is 2.04. The van der Waals surface area contributed by atoms with Gasteiger partial charge in [0.15, 0.2) is 0 Å². The number of nitrogens with one attached hydrogen (secondary N) is 1. The van der Waals surface area contributed by atoms with E-state index in [0.717, 1.165) is 17.2 Å². The average Bonchev–Trinajstić information content (AvgIpc) is 2.85. The van der Waals surface area contributed by atoms with Crippen LogP contribution in [0.1, 0.15) is 10.7 Å². The smallest absolute Gasteiger partial charge is 0.335 e. The Hall–Kier alpha value is -1.47. The predicted octanol–water partition coefficient (Wildman–Crippen LogP) is 0.570. The summed E-state index contributed by atoms with van der Waals surface area (Å²) in [5.41, 5.74) is 0.905. The Bertz CT molecular complexity index is 452. The number of ether oxygens (including phenoxy) is 1. The van der Waals surface area contributed by atoms with Gasteiger partial charge in [-0.1, -0.05) is 0 Å². The van der Waals surface area contributed by atoms with Crippen LogP contribution in [0.4, 0.5) is 0 Å². The van der Waals surface area contributed by atoms with E-state index in [2.05, 4.69) is 20.4 Å². The van der Waals surface area contributed by atoms with Gasteiger partial charge in [-0.3, -0.25) is 4.68 Å². The van der Waals surface area contributed by atoms with Gasteiger partial charge >= 0.3 is 6.01 Å². The van der Waals surface area contributed by atoms with Crippen molar-refractivity contribution in [1.29, 1.82) is 0 Å². The second-order valence-electron chi connectivity index (χ2n) is 3.25. The van der Waals surface area contributed by atoms with Crippen molar-refractivity contribution in [2.45, 2.75) is 13.2 Å². The zero-order chi connectivity index (χ0) is 11.4. The first-order chi connectivity index (χ1) is 7.78. The van der Waals surface area contributed by atoms with Crippen molar-refractivity contribution >= 4 is 11.3 Å². The lowest BCUT2D eigenvalue weighted by Crippen LogP contribution is -2.05. The number of thiazole rings is 1. The Kier molecular flexibility index (Phi) is 3.47. The van der Waals surface area contributed by atoms with Crippen LogP contribution < -0.4 is 10.1 Å². The highest BCUT2D eigenvalue weighted by Crippen LogP contribution is 2.11. The SMILES string of the molecule is CNCc1nc(COc2ncn(C)n2)cs1. The molecule has 7 heteroatoms. The van der Waals surface area contributed by atoms with Crippen molar-refractivity contribution in [3.05, 3.63) is 22.4 Å². The Labute approximate surface area is 97.3 Å². The van der Waals surface area contributed by atoms with Gasteiger partial charge in [0, 0.05) is 19.0 Å². The Morgan fingerprint density at radius 2 is 2.44 bits per heavy atom. The molecular weight excluding hydrogens is 226 g/mol. The molecule has 86 valence electrons. The minimum Gasteiger partial charge on any atom is -0.456 e. The van der Waals surface area contributed by atoms with Gasteiger partial charge in [-0.25, -0.2) is 4.98 Å². The van der Waals surface area contributed by atoms with Crippen LogP contribution in [0.25, 0.3) is 0 Å². The van der Waals surface area contributed by atoms with E-state index in [0.29, 0.717) is 12.6 Å². The van der Waals surface area contributed by atoms with Gasteiger partial charge in [-0.15, -0.1) is 16.4 Å². The highest BCUT2D eigenvalue weighted by molar-refractivity contribution is 7.09. The maximum absolute atomic E-state index is 5.39. The van der Waals surface area contributed by atoms with E-state index in [-0.39, 0.29) is 0 Å². The summed E-state index contributed by atoms with van der Waals surface area (Å²) in [5.74, 6) is 0. The topological polar surface area (TPSA) is 64.9 Å². The molecule has 6 nitrogen and oxygen atoms in total. The number of aromatic nitrogens is 4. The van der Waals surface area contributed by atoms with Crippen molar-refractivity contribution in [2.75, 3.05) is 7.05 Å². The molecule has 0 fully saturated rings. The van der Waals surface area contributed by atoms with E-state index in [1.165, 1.54) is 0 Å². The standard InChI is InChI=1S/C9H13N5OS/c1-10-3-8-12-7(5-16-8)4-15-9-11-6-14(2)13-9/h5-6,10H,3-4H2,1-2H3. The van der Waals surface area contributed by atoms with Crippen molar-refractivity contribution in [3.63, 3.8) is 0 Å².